The van der Waals surface area contributed by atoms with Gasteiger partial charge in [0, 0.05) is 10.9 Å². The number of nitriles is 1. The van der Waals surface area contributed by atoms with Crippen molar-refractivity contribution in [3.8, 4) is 11.9 Å². The van der Waals surface area contributed by atoms with Crippen LogP contribution in [0.1, 0.15) is 24.1 Å². The summed E-state index contributed by atoms with van der Waals surface area (Å²) >= 11 is 0. The Bertz CT molecular complexity index is 1540. The van der Waals surface area contributed by atoms with E-state index in [0.29, 0.717) is 22.2 Å². The van der Waals surface area contributed by atoms with Gasteiger partial charge in [0.1, 0.15) is 11.5 Å². The molecule has 3 heterocycles. The highest BCUT2D eigenvalue weighted by atomic mass is 19.1. The zero-order valence-corrected chi connectivity index (χ0v) is 15.8. The molecule has 0 aliphatic heterocycles. The molecule has 1 aromatic carbocycles. The fourth-order valence-electron chi connectivity index (χ4n) is 2.99. The van der Waals surface area contributed by atoms with Crippen LogP contribution in [0.5, 0.6) is 5.88 Å². The van der Waals surface area contributed by atoms with E-state index in [1.165, 1.54) is 28.9 Å². The molecule has 154 valence electrons. The summed E-state index contributed by atoms with van der Waals surface area (Å²) in [7, 11) is 0. The molecule has 12 heteroatoms. The zero-order valence-electron chi connectivity index (χ0n) is 15.8. The molecule has 5 rings (SSSR count). The summed E-state index contributed by atoms with van der Waals surface area (Å²) in [6.07, 6.45) is 4.90. The van der Waals surface area contributed by atoms with Crippen molar-refractivity contribution < 1.29 is 9.50 Å². The van der Waals surface area contributed by atoms with E-state index in [2.05, 4.69) is 35.3 Å². The molecular formula is C19H14FN9O2. The maximum Gasteiger partial charge on any atom is 0.326 e. The number of aromatic nitrogens is 6. The zero-order chi connectivity index (χ0) is 21.5. The third-order valence-corrected chi connectivity index (χ3v) is 4.54. The van der Waals surface area contributed by atoms with Crippen molar-refractivity contribution in [2.24, 2.45) is 4.99 Å². The molecular weight excluding hydrogens is 405 g/mol. The van der Waals surface area contributed by atoms with Crippen LogP contribution in [0.25, 0.3) is 11.7 Å². The Morgan fingerprint density at radius 2 is 2.16 bits per heavy atom. The molecule has 11 nitrogen and oxygen atoms in total. The number of benzene rings is 1. The van der Waals surface area contributed by atoms with Gasteiger partial charge in [-0.15, -0.1) is 0 Å². The van der Waals surface area contributed by atoms with E-state index in [0.717, 1.165) is 18.9 Å². The smallest absolute Gasteiger partial charge is 0.326 e. The first-order chi connectivity index (χ1) is 15.0. The average Bonchev–Trinajstić information content (AvgIpc) is 3.36. The first-order valence-electron chi connectivity index (χ1n) is 9.29. The largest absolute Gasteiger partial charge is 0.493 e. The Morgan fingerprint density at radius 3 is 2.87 bits per heavy atom. The van der Waals surface area contributed by atoms with Gasteiger partial charge in [0.05, 0.1) is 23.9 Å². The molecule has 0 bridgehead atoms. The lowest BCUT2D eigenvalue weighted by molar-refractivity contribution is 0.454. The van der Waals surface area contributed by atoms with E-state index in [1.54, 1.807) is 0 Å². The number of halogens is 1. The Morgan fingerprint density at radius 1 is 1.32 bits per heavy atom. The molecule has 0 spiro atoms. The summed E-state index contributed by atoms with van der Waals surface area (Å²) in [6.45, 7) is 0. The minimum Gasteiger partial charge on any atom is -0.493 e. The normalized spacial score (nSPS) is 14.8. The molecule has 0 amide bonds. The van der Waals surface area contributed by atoms with Crippen LogP contribution >= 0.6 is 0 Å². The Balaban J connectivity index is 1.67. The summed E-state index contributed by atoms with van der Waals surface area (Å²) in [6, 6.07) is 5.86. The monoisotopic (exact) mass is 419 g/mol. The molecule has 1 aliphatic carbocycles. The fraction of sp³-hybridized carbons (Fsp3) is 0.158. The summed E-state index contributed by atoms with van der Waals surface area (Å²) < 4.78 is 15.2. The summed E-state index contributed by atoms with van der Waals surface area (Å²) in [5, 5.41) is 26.6. The van der Waals surface area contributed by atoms with Gasteiger partial charge in [0.15, 0.2) is 5.65 Å². The second kappa shape index (κ2) is 7.06. The van der Waals surface area contributed by atoms with Crippen LogP contribution in [0.2, 0.25) is 0 Å². The van der Waals surface area contributed by atoms with E-state index < -0.39 is 11.5 Å². The van der Waals surface area contributed by atoms with E-state index in [4.69, 9.17) is 5.26 Å². The van der Waals surface area contributed by atoms with Gasteiger partial charge < -0.3 is 15.4 Å². The van der Waals surface area contributed by atoms with Crippen LogP contribution in [0.15, 0.2) is 34.2 Å². The highest BCUT2D eigenvalue weighted by Gasteiger charge is 2.21. The molecule has 4 aromatic rings. The number of aromatic hydroxyl groups is 1. The van der Waals surface area contributed by atoms with E-state index in [9.17, 15) is 14.3 Å². The molecule has 0 atom stereocenters. The molecule has 4 N–H and O–H groups in total. The Labute approximate surface area is 172 Å². The average molecular weight is 419 g/mol. The lowest BCUT2D eigenvalue weighted by Crippen LogP contribution is -2.24. The van der Waals surface area contributed by atoms with Crippen molar-refractivity contribution in [3.63, 3.8) is 0 Å². The minimum absolute atomic E-state index is 0.128. The lowest BCUT2D eigenvalue weighted by Gasteiger charge is -2.06. The van der Waals surface area contributed by atoms with Crippen molar-refractivity contribution in [3.05, 3.63) is 62.8 Å². The van der Waals surface area contributed by atoms with Crippen molar-refractivity contribution in [1.29, 1.82) is 5.26 Å². The van der Waals surface area contributed by atoms with Crippen LogP contribution in [0.3, 0.4) is 0 Å². The summed E-state index contributed by atoms with van der Waals surface area (Å²) in [5.74, 6) is -0.762. The number of fused-ring (bicyclic) bond motifs is 1. The number of nitrogens with zero attached hydrogens (tertiary/aromatic N) is 6. The van der Waals surface area contributed by atoms with Crippen LogP contribution in [0, 0.1) is 17.1 Å². The second-order valence-electron chi connectivity index (χ2n) is 6.99. The number of imidazole rings is 1. The fourth-order valence-corrected chi connectivity index (χ4v) is 2.99. The van der Waals surface area contributed by atoms with Crippen molar-refractivity contribution in [2.75, 3.05) is 5.32 Å². The molecule has 1 aliphatic rings. The van der Waals surface area contributed by atoms with Gasteiger partial charge in [-0.2, -0.15) is 24.8 Å². The van der Waals surface area contributed by atoms with Gasteiger partial charge in [-0.25, -0.2) is 14.2 Å². The SMILES string of the molecule is N#Cc1cc(F)cc(Nc2nc(=NC3CC3)n3nc/c(=C/c4[nH]c(=O)[nH]c4O)c3n2)c1. The molecule has 3 aromatic heterocycles. The van der Waals surface area contributed by atoms with Crippen LogP contribution in [-0.4, -0.2) is 40.7 Å². The molecule has 0 unspecified atom stereocenters. The van der Waals surface area contributed by atoms with Gasteiger partial charge >= 0.3 is 5.69 Å². The van der Waals surface area contributed by atoms with Crippen LogP contribution in [-0.2, 0) is 0 Å². The highest BCUT2D eigenvalue weighted by molar-refractivity contribution is 5.60. The minimum atomic E-state index is -0.573. The van der Waals surface area contributed by atoms with E-state index >= 15 is 0 Å². The predicted octanol–water partition coefficient (Wildman–Crippen LogP) is 0.211. The van der Waals surface area contributed by atoms with Gasteiger partial charge in [0.25, 0.3) is 5.62 Å². The number of rotatable bonds is 4. The van der Waals surface area contributed by atoms with Crippen LogP contribution < -0.4 is 21.8 Å². The third-order valence-electron chi connectivity index (χ3n) is 4.54. The number of hydrogen-bond acceptors (Lipinski definition) is 8. The number of hydrogen-bond donors (Lipinski definition) is 4. The molecule has 31 heavy (non-hydrogen) atoms. The standard InChI is InChI=1S/C19H14FN9O2/c20-11-3-9(7-21)4-13(6-11)23-17-26-15-10(5-14-16(30)27-19(31)25-14)8-22-29(15)18(28-17)24-12-1-2-12/h3-6,8,12,30H,1-2H2,(H,23,24,28)(H2,25,27,31)/b10-5-. The lowest BCUT2D eigenvalue weighted by atomic mass is 10.2. The summed E-state index contributed by atoms with van der Waals surface area (Å²) in [4.78, 5) is 29.5. The van der Waals surface area contributed by atoms with Gasteiger partial charge in [-0.1, -0.05) is 0 Å². The van der Waals surface area contributed by atoms with E-state index in [1.807, 2.05) is 6.07 Å². The van der Waals surface area contributed by atoms with E-state index in [-0.39, 0.29) is 29.1 Å². The van der Waals surface area contributed by atoms with Crippen molar-refractivity contribution in [1.82, 2.24) is 29.5 Å². The van der Waals surface area contributed by atoms with Crippen LogP contribution in [0.4, 0.5) is 16.0 Å². The second-order valence-corrected chi connectivity index (χ2v) is 6.99. The first-order valence-corrected chi connectivity index (χ1v) is 9.29. The first kappa shape index (κ1) is 18.5. The maximum atomic E-state index is 13.8. The van der Waals surface area contributed by atoms with Gasteiger partial charge in [0.2, 0.25) is 11.8 Å². The molecule has 0 saturated heterocycles. The quantitative estimate of drug-likeness (QED) is 0.368. The summed E-state index contributed by atoms with van der Waals surface area (Å²) in [5.41, 5.74) is 0.722. The highest BCUT2D eigenvalue weighted by Crippen LogP contribution is 2.22. The number of anilines is 2. The van der Waals surface area contributed by atoms with Gasteiger partial charge in [-0.3, -0.25) is 4.98 Å². The maximum absolute atomic E-state index is 13.8. The molecule has 0 radical (unpaired) electrons. The van der Waals surface area contributed by atoms with Crippen molar-refractivity contribution >= 4 is 23.4 Å². The number of aromatic amines is 2. The molecule has 1 fully saturated rings. The van der Waals surface area contributed by atoms with Crippen molar-refractivity contribution in [2.45, 2.75) is 18.9 Å². The Kier molecular flexibility index (Phi) is 4.21. The van der Waals surface area contributed by atoms with Gasteiger partial charge in [-0.05, 0) is 37.1 Å². The third kappa shape index (κ3) is 3.71. The topological polar surface area (TPSA) is 160 Å². The number of H-pyrrole nitrogens is 2. The predicted molar refractivity (Wildman–Crippen MR) is 106 cm³/mol. The molecule has 1 saturated carbocycles. The Hall–Kier alpha value is -4.53. The number of nitrogens with one attached hydrogen (secondary N) is 3.